The fraction of sp³-hybridized carbons (Fsp3) is 0. The lowest BCUT2D eigenvalue weighted by Gasteiger charge is -2.20. The third-order valence-corrected chi connectivity index (χ3v) is 19.2. The highest BCUT2D eigenvalue weighted by Gasteiger charge is 2.24. The van der Waals surface area contributed by atoms with Crippen molar-refractivity contribution in [3.63, 3.8) is 0 Å². The molecular weight excluding hydrogens is 1180 g/mol. The number of hydrogen-bond donors (Lipinski definition) is 2. The van der Waals surface area contributed by atoms with E-state index >= 15 is 0 Å². The van der Waals surface area contributed by atoms with Gasteiger partial charge >= 0.3 is 7.12 Å². The van der Waals surface area contributed by atoms with Crippen molar-refractivity contribution in [3.05, 3.63) is 344 Å². The Kier molecular flexibility index (Phi) is 14.7. The maximum Gasteiger partial charge on any atom is 0.489 e. The standard InChI is InChI=1S/C44H28.C30H21BO2.C14H9Br/c1-2-13-29(14-3-1)32-27-28-42(35-18-7-6-17-33(32)35)44-40-21-10-8-19-38(40)43(39-20-9-11-22-41(39)44)37-24-12-23-34-31-16-5-4-15-30(31)25-26-36(34)37;32-31(33)30-27-16-8-6-14-24(27)29(25-15-7-9-17-28(25)30)26-19-18-21(20-10-2-1-3-11-20)22-12-4-5-13-23(22)26;15-14-7-3-6-12-11-5-2-1-4-10(11)8-9-13(12)14/h1-28H;1-19,32-33H;1-9H. The van der Waals surface area contributed by atoms with E-state index in [-0.39, 0.29) is 0 Å². The van der Waals surface area contributed by atoms with Gasteiger partial charge in [0, 0.05) is 4.47 Å². The maximum atomic E-state index is 10.3. The van der Waals surface area contributed by atoms with Crippen LogP contribution in [-0.2, 0) is 0 Å². The van der Waals surface area contributed by atoms with Crippen molar-refractivity contribution in [2.24, 2.45) is 0 Å². The zero-order valence-electron chi connectivity index (χ0n) is 50.2. The van der Waals surface area contributed by atoms with E-state index in [4.69, 9.17) is 0 Å². The van der Waals surface area contributed by atoms with Crippen LogP contribution in [0.1, 0.15) is 0 Å². The summed E-state index contributed by atoms with van der Waals surface area (Å²) in [6.45, 7) is 0. The number of halogens is 1. The van der Waals surface area contributed by atoms with Gasteiger partial charge in [0.15, 0.2) is 0 Å². The molecule has 0 bridgehead atoms. The van der Waals surface area contributed by atoms with Gasteiger partial charge < -0.3 is 10.0 Å². The minimum atomic E-state index is -1.55. The van der Waals surface area contributed by atoms with Gasteiger partial charge in [-0.3, -0.25) is 0 Å². The van der Waals surface area contributed by atoms with Crippen molar-refractivity contribution in [1.82, 2.24) is 0 Å². The highest BCUT2D eigenvalue weighted by molar-refractivity contribution is 9.10. The van der Waals surface area contributed by atoms with E-state index in [9.17, 15) is 10.0 Å². The van der Waals surface area contributed by atoms with Gasteiger partial charge in [0.05, 0.1) is 0 Å². The van der Waals surface area contributed by atoms with Gasteiger partial charge in [-0.15, -0.1) is 0 Å². The average molecular weight is 1240 g/mol. The molecule has 18 rings (SSSR count). The average Bonchev–Trinajstić information content (AvgIpc) is 0.738. The second-order valence-corrected chi connectivity index (χ2v) is 24.4. The molecule has 18 aromatic rings. The van der Waals surface area contributed by atoms with Crippen LogP contribution < -0.4 is 5.46 Å². The van der Waals surface area contributed by atoms with E-state index in [2.05, 4.69) is 313 Å². The first-order valence-corrected chi connectivity index (χ1v) is 32.1. The van der Waals surface area contributed by atoms with Gasteiger partial charge in [-0.1, -0.05) is 350 Å². The molecule has 0 fully saturated rings. The van der Waals surface area contributed by atoms with Crippen LogP contribution in [-0.4, -0.2) is 17.2 Å². The molecule has 0 radical (unpaired) electrons. The topological polar surface area (TPSA) is 40.5 Å². The summed E-state index contributed by atoms with van der Waals surface area (Å²) in [4.78, 5) is 0. The van der Waals surface area contributed by atoms with E-state index in [1.807, 2.05) is 42.5 Å². The van der Waals surface area contributed by atoms with Crippen LogP contribution >= 0.6 is 15.9 Å². The molecule has 0 amide bonds. The first kappa shape index (κ1) is 56.3. The van der Waals surface area contributed by atoms with E-state index < -0.39 is 7.12 Å². The maximum absolute atomic E-state index is 10.3. The third-order valence-electron chi connectivity index (χ3n) is 18.5. The SMILES string of the molecule is Brc1cccc2c1ccc1ccccc12.OB(O)c1c2ccccc2c(-c2ccc(-c3ccccc3)c3ccccc23)c2ccccc12.c1ccc(-c2ccc(-c3c4ccccc4c(-c4cccc5c4ccc4ccccc45)c4ccccc34)c3ccccc23)cc1. The number of hydrogen-bond acceptors (Lipinski definition) is 2. The molecule has 0 unspecified atom stereocenters. The molecule has 4 heteroatoms. The number of fused-ring (bicyclic) bond motifs is 12. The Morgan fingerprint density at radius 2 is 0.457 bits per heavy atom. The number of benzene rings is 18. The second-order valence-electron chi connectivity index (χ2n) is 23.5. The minimum Gasteiger partial charge on any atom is -0.423 e. The van der Waals surface area contributed by atoms with Crippen LogP contribution in [0, 0.1) is 0 Å². The summed E-state index contributed by atoms with van der Waals surface area (Å²) in [7, 11) is -1.55. The second kappa shape index (κ2) is 24.1. The first-order valence-electron chi connectivity index (χ1n) is 31.3. The molecule has 0 aliphatic rings. The molecule has 2 N–H and O–H groups in total. The van der Waals surface area contributed by atoms with Gasteiger partial charge in [0.2, 0.25) is 0 Å². The van der Waals surface area contributed by atoms with Gasteiger partial charge in [-0.05, 0) is 175 Å². The fourth-order valence-electron chi connectivity index (χ4n) is 14.5. The molecule has 0 aliphatic carbocycles. The van der Waals surface area contributed by atoms with Crippen LogP contribution in [0.25, 0.3) is 163 Å². The quantitative estimate of drug-likeness (QED) is 0.0990. The predicted molar refractivity (Wildman–Crippen MR) is 399 cm³/mol. The molecule has 0 atom stereocenters. The fourth-order valence-corrected chi connectivity index (χ4v) is 15.0. The van der Waals surface area contributed by atoms with Crippen molar-refractivity contribution < 1.29 is 10.0 Å². The molecule has 432 valence electrons. The normalized spacial score (nSPS) is 11.4. The Morgan fingerprint density at radius 1 is 0.185 bits per heavy atom. The smallest absolute Gasteiger partial charge is 0.423 e. The van der Waals surface area contributed by atoms with Crippen molar-refractivity contribution in [2.75, 3.05) is 0 Å². The Balaban J connectivity index is 0.000000123. The molecule has 0 saturated carbocycles. The Bertz CT molecular complexity index is 5770. The monoisotopic (exact) mass is 1240 g/mol. The van der Waals surface area contributed by atoms with Crippen molar-refractivity contribution >= 4 is 136 Å². The number of rotatable bonds is 6. The lowest BCUT2D eigenvalue weighted by atomic mass is 9.72. The summed E-state index contributed by atoms with van der Waals surface area (Å²) in [5.41, 5.74) is 12.8. The molecule has 0 heterocycles. The molecule has 92 heavy (non-hydrogen) atoms. The molecule has 0 aliphatic heterocycles. The van der Waals surface area contributed by atoms with Crippen LogP contribution in [0.5, 0.6) is 0 Å². The lowest BCUT2D eigenvalue weighted by Crippen LogP contribution is -2.31. The highest BCUT2D eigenvalue weighted by atomic mass is 79.9. The zero-order valence-corrected chi connectivity index (χ0v) is 51.8. The molecule has 0 aromatic heterocycles. The molecule has 0 spiro atoms. The summed E-state index contributed by atoms with van der Waals surface area (Å²) in [6, 6.07) is 121. The van der Waals surface area contributed by atoms with E-state index in [0.29, 0.717) is 5.46 Å². The molecule has 2 nitrogen and oxygen atoms in total. The van der Waals surface area contributed by atoms with Crippen LogP contribution in [0.15, 0.2) is 344 Å². The van der Waals surface area contributed by atoms with Crippen LogP contribution in [0.4, 0.5) is 0 Å². The van der Waals surface area contributed by atoms with Crippen LogP contribution in [0.3, 0.4) is 0 Å². The summed E-state index contributed by atoms with van der Waals surface area (Å²) in [5, 5.41) is 44.6. The highest BCUT2D eigenvalue weighted by Crippen LogP contribution is 2.49. The van der Waals surface area contributed by atoms with Crippen molar-refractivity contribution in [1.29, 1.82) is 0 Å². The van der Waals surface area contributed by atoms with E-state index in [1.54, 1.807) is 0 Å². The van der Waals surface area contributed by atoms with Gasteiger partial charge in [0.1, 0.15) is 0 Å². The van der Waals surface area contributed by atoms with Crippen LogP contribution in [0.2, 0.25) is 0 Å². The zero-order chi connectivity index (χ0) is 61.7. The summed E-state index contributed by atoms with van der Waals surface area (Å²) in [6.07, 6.45) is 0. The molecule has 18 aromatic carbocycles. The minimum absolute atomic E-state index is 0.551. The summed E-state index contributed by atoms with van der Waals surface area (Å²) >= 11 is 3.58. The molecular formula is C88H58BBrO2. The first-order chi connectivity index (χ1) is 45.5. The van der Waals surface area contributed by atoms with E-state index in [1.165, 1.54) is 131 Å². The van der Waals surface area contributed by atoms with Crippen molar-refractivity contribution in [2.45, 2.75) is 0 Å². The summed E-state index contributed by atoms with van der Waals surface area (Å²) in [5.74, 6) is 0. The van der Waals surface area contributed by atoms with Crippen molar-refractivity contribution in [3.8, 4) is 55.6 Å². The Morgan fingerprint density at radius 3 is 0.870 bits per heavy atom. The predicted octanol–water partition coefficient (Wildman–Crippen LogP) is 23.4. The lowest BCUT2D eigenvalue weighted by molar-refractivity contribution is 0.426. The Labute approximate surface area is 542 Å². The third kappa shape index (κ3) is 9.85. The van der Waals surface area contributed by atoms with E-state index in [0.717, 1.165) is 37.1 Å². The largest absolute Gasteiger partial charge is 0.489 e. The van der Waals surface area contributed by atoms with Gasteiger partial charge in [0.25, 0.3) is 0 Å². The Hall–Kier alpha value is -11.0. The summed E-state index contributed by atoms with van der Waals surface area (Å²) < 4.78 is 1.16. The van der Waals surface area contributed by atoms with Gasteiger partial charge in [-0.2, -0.15) is 0 Å². The molecule has 0 saturated heterocycles. The van der Waals surface area contributed by atoms with Gasteiger partial charge in [-0.25, -0.2) is 0 Å².